The van der Waals surface area contributed by atoms with E-state index >= 15 is 0 Å². The Morgan fingerprint density at radius 1 is 1.24 bits per heavy atom. The summed E-state index contributed by atoms with van der Waals surface area (Å²) in [5, 5.41) is 6.09. The standard InChI is InChI=1S/C16H17N3O2/c1-19-10-13(6-7-15(19)20)18-16(21)14-8-11-4-2-3-5-12(11)9-17-14/h2-7,10,14,17H,8-9H2,1H3,(H,18,21)/t14-/m1/s1. The highest BCUT2D eigenvalue weighted by Crippen LogP contribution is 2.17. The highest BCUT2D eigenvalue weighted by molar-refractivity contribution is 5.95. The average Bonchev–Trinajstić information content (AvgIpc) is 2.50. The molecule has 108 valence electrons. The molecule has 21 heavy (non-hydrogen) atoms. The van der Waals surface area contributed by atoms with Gasteiger partial charge in [0.15, 0.2) is 0 Å². The number of anilines is 1. The number of aryl methyl sites for hydroxylation is 1. The lowest BCUT2D eigenvalue weighted by Gasteiger charge is -2.25. The summed E-state index contributed by atoms with van der Waals surface area (Å²) in [4.78, 5) is 23.6. The van der Waals surface area contributed by atoms with Gasteiger partial charge in [0.05, 0.1) is 11.7 Å². The van der Waals surface area contributed by atoms with Crippen LogP contribution in [0.5, 0.6) is 0 Å². The SMILES string of the molecule is Cn1cc(NC(=O)[C@H]2Cc3ccccc3CN2)ccc1=O. The topological polar surface area (TPSA) is 63.1 Å². The van der Waals surface area contributed by atoms with Crippen LogP contribution in [-0.4, -0.2) is 16.5 Å². The van der Waals surface area contributed by atoms with E-state index in [2.05, 4.69) is 22.8 Å². The van der Waals surface area contributed by atoms with E-state index in [4.69, 9.17) is 0 Å². The molecule has 1 aromatic carbocycles. The summed E-state index contributed by atoms with van der Waals surface area (Å²) in [6.07, 6.45) is 2.30. The van der Waals surface area contributed by atoms with Gasteiger partial charge in [-0.1, -0.05) is 24.3 Å². The molecule has 5 heteroatoms. The van der Waals surface area contributed by atoms with Crippen LogP contribution in [0.2, 0.25) is 0 Å². The second-order valence-electron chi connectivity index (χ2n) is 5.26. The molecule has 5 nitrogen and oxygen atoms in total. The van der Waals surface area contributed by atoms with Gasteiger partial charge in [0, 0.05) is 25.9 Å². The summed E-state index contributed by atoms with van der Waals surface area (Å²) in [6.45, 7) is 0.696. The van der Waals surface area contributed by atoms with Gasteiger partial charge in [0.2, 0.25) is 11.5 Å². The van der Waals surface area contributed by atoms with Crippen molar-refractivity contribution in [3.05, 3.63) is 64.1 Å². The first-order chi connectivity index (χ1) is 10.1. The van der Waals surface area contributed by atoms with Gasteiger partial charge in [-0.15, -0.1) is 0 Å². The van der Waals surface area contributed by atoms with Crippen molar-refractivity contribution in [2.75, 3.05) is 5.32 Å². The molecule has 1 atom stereocenters. The maximum atomic E-state index is 12.3. The van der Waals surface area contributed by atoms with Crippen LogP contribution in [0, 0.1) is 0 Å². The first kappa shape index (κ1) is 13.6. The van der Waals surface area contributed by atoms with E-state index in [0.717, 1.165) is 0 Å². The number of hydrogen-bond acceptors (Lipinski definition) is 3. The first-order valence-corrected chi connectivity index (χ1v) is 6.91. The van der Waals surface area contributed by atoms with E-state index in [1.807, 2.05) is 12.1 Å². The molecule has 1 aromatic heterocycles. The van der Waals surface area contributed by atoms with Crippen LogP contribution in [0.15, 0.2) is 47.4 Å². The maximum absolute atomic E-state index is 12.3. The number of pyridine rings is 1. The summed E-state index contributed by atoms with van der Waals surface area (Å²) < 4.78 is 1.44. The molecule has 2 heterocycles. The zero-order valence-corrected chi connectivity index (χ0v) is 11.8. The quantitative estimate of drug-likeness (QED) is 0.865. The van der Waals surface area contributed by atoms with E-state index in [9.17, 15) is 9.59 Å². The summed E-state index contributed by atoms with van der Waals surface area (Å²) in [7, 11) is 1.66. The van der Waals surface area contributed by atoms with Crippen LogP contribution < -0.4 is 16.2 Å². The molecule has 0 bridgehead atoms. The number of fused-ring (bicyclic) bond motifs is 1. The molecule has 1 aliphatic heterocycles. The Morgan fingerprint density at radius 3 is 2.76 bits per heavy atom. The van der Waals surface area contributed by atoms with Crippen molar-refractivity contribution in [1.82, 2.24) is 9.88 Å². The van der Waals surface area contributed by atoms with Crippen LogP contribution in [-0.2, 0) is 24.8 Å². The van der Waals surface area contributed by atoms with E-state index < -0.39 is 0 Å². The van der Waals surface area contributed by atoms with E-state index in [1.165, 1.54) is 21.8 Å². The number of carbonyl (C=O) groups is 1. The Bertz CT molecular complexity index is 736. The average molecular weight is 283 g/mol. The summed E-state index contributed by atoms with van der Waals surface area (Å²) >= 11 is 0. The van der Waals surface area contributed by atoms with Crippen LogP contribution in [0.1, 0.15) is 11.1 Å². The summed E-state index contributed by atoms with van der Waals surface area (Å²) in [5.74, 6) is -0.0804. The minimum Gasteiger partial charge on any atom is -0.323 e. The number of hydrogen-bond donors (Lipinski definition) is 2. The van der Waals surface area contributed by atoms with Crippen molar-refractivity contribution in [2.24, 2.45) is 7.05 Å². The molecule has 1 amide bonds. The summed E-state index contributed by atoms with van der Waals surface area (Å²) in [5.41, 5.74) is 2.97. The van der Waals surface area contributed by atoms with Crippen molar-refractivity contribution >= 4 is 11.6 Å². The Morgan fingerprint density at radius 2 is 2.00 bits per heavy atom. The van der Waals surface area contributed by atoms with Gasteiger partial charge in [-0.3, -0.25) is 9.59 Å². The lowest BCUT2D eigenvalue weighted by atomic mass is 9.95. The lowest BCUT2D eigenvalue weighted by molar-refractivity contribution is -0.118. The molecule has 2 N–H and O–H groups in total. The van der Waals surface area contributed by atoms with Gasteiger partial charge in [0.25, 0.3) is 0 Å². The smallest absolute Gasteiger partial charge is 0.250 e. The Hall–Kier alpha value is -2.40. The highest BCUT2D eigenvalue weighted by atomic mass is 16.2. The highest BCUT2D eigenvalue weighted by Gasteiger charge is 2.23. The number of rotatable bonds is 2. The van der Waals surface area contributed by atoms with Crippen molar-refractivity contribution in [3.63, 3.8) is 0 Å². The van der Waals surface area contributed by atoms with Gasteiger partial charge in [0.1, 0.15) is 0 Å². The molecule has 3 rings (SSSR count). The number of nitrogens with zero attached hydrogens (tertiary/aromatic N) is 1. The molecule has 2 aromatic rings. The largest absolute Gasteiger partial charge is 0.323 e. The van der Waals surface area contributed by atoms with Crippen molar-refractivity contribution < 1.29 is 4.79 Å². The van der Waals surface area contributed by atoms with Crippen molar-refractivity contribution in [2.45, 2.75) is 19.0 Å². The molecular formula is C16H17N3O2. The number of aromatic nitrogens is 1. The van der Waals surface area contributed by atoms with E-state index in [1.54, 1.807) is 19.3 Å². The number of nitrogens with one attached hydrogen (secondary N) is 2. The van der Waals surface area contributed by atoms with Gasteiger partial charge >= 0.3 is 0 Å². The second kappa shape index (κ2) is 5.54. The zero-order chi connectivity index (χ0) is 14.8. The third kappa shape index (κ3) is 2.87. The van der Waals surface area contributed by atoms with Crippen molar-refractivity contribution in [1.29, 1.82) is 0 Å². The predicted octanol–water partition coefficient (Wildman–Crippen LogP) is 1.04. The van der Waals surface area contributed by atoms with Gasteiger partial charge in [-0.05, 0) is 23.6 Å². The van der Waals surface area contributed by atoms with Crippen LogP contribution in [0.25, 0.3) is 0 Å². The Labute approximate surface area is 122 Å². The molecule has 0 unspecified atom stereocenters. The maximum Gasteiger partial charge on any atom is 0.250 e. The van der Waals surface area contributed by atoms with Crippen LogP contribution in [0.3, 0.4) is 0 Å². The fourth-order valence-corrected chi connectivity index (χ4v) is 2.54. The zero-order valence-electron chi connectivity index (χ0n) is 11.8. The number of amides is 1. The number of benzene rings is 1. The molecule has 0 fully saturated rings. The monoisotopic (exact) mass is 283 g/mol. The van der Waals surface area contributed by atoms with E-state index in [0.29, 0.717) is 18.7 Å². The van der Waals surface area contributed by atoms with E-state index in [-0.39, 0.29) is 17.5 Å². The van der Waals surface area contributed by atoms with Crippen molar-refractivity contribution in [3.8, 4) is 0 Å². The van der Waals surface area contributed by atoms with Crippen LogP contribution in [0.4, 0.5) is 5.69 Å². The van der Waals surface area contributed by atoms with Gasteiger partial charge < -0.3 is 15.2 Å². The molecule has 0 spiro atoms. The minimum absolute atomic E-state index is 0.0804. The molecular weight excluding hydrogens is 266 g/mol. The van der Waals surface area contributed by atoms with Gasteiger partial charge in [-0.25, -0.2) is 0 Å². The second-order valence-corrected chi connectivity index (χ2v) is 5.26. The normalized spacial score (nSPS) is 17.1. The minimum atomic E-state index is -0.253. The fraction of sp³-hybridized carbons (Fsp3) is 0.250. The Kier molecular flexibility index (Phi) is 3.58. The molecule has 0 saturated carbocycles. The molecule has 0 aliphatic carbocycles. The summed E-state index contributed by atoms with van der Waals surface area (Å²) in [6, 6.07) is 10.9. The molecule has 0 saturated heterocycles. The van der Waals surface area contributed by atoms with Crippen LogP contribution >= 0.6 is 0 Å². The lowest BCUT2D eigenvalue weighted by Crippen LogP contribution is -2.44. The number of carbonyl (C=O) groups excluding carboxylic acids is 1. The third-order valence-corrected chi connectivity index (χ3v) is 3.75. The Balaban J connectivity index is 1.72. The van der Waals surface area contributed by atoms with Gasteiger partial charge in [-0.2, -0.15) is 0 Å². The third-order valence-electron chi connectivity index (χ3n) is 3.75. The molecule has 1 aliphatic rings. The predicted molar refractivity (Wildman–Crippen MR) is 81.1 cm³/mol. The molecule has 0 radical (unpaired) electrons. The first-order valence-electron chi connectivity index (χ1n) is 6.91. The fourth-order valence-electron chi connectivity index (χ4n) is 2.54.